The van der Waals surface area contributed by atoms with Crippen LogP contribution in [-0.4, -0.2) is 48.8 Å². The monoisotopic (exact) mass is 359 g/mol. The molecule has 0 radical (unpaired) electrons. The molecule has 0 aliphatic rings. The molecule has 1 aromatic heterocycles. The molecule has 0 bridgehead atoms. The molecular formula is C19H29N5O2. The van der Waals surface area contributed by atoms with Crippen molar-refractivity contribution in [2.75, 3.05) is 27.7 Å². The lowest BCUT2D eigenvalue weighted by Gasteiger charge is -2.23. The zero-order valence-electron chi connectivity index (χ0n) is 16.3. The summed E-state index contributed by atoms with van der Waals surface area (Å²) in [5.74, 6) is 3.46. The van der Waals surface area contributed by atoms with Crippen molar-refractivity contribution < 1.29 is 9.26 Å². The molecule has 1 heterocycles. The lowest BCUT2D eigenvalue weighted by molar-refractivity contribution is 0.368. The molecule has 26 heavy (non-hydrogen) atoms. The van der Waals surface area contributed by atoms with Crippen LogP contribution in [0.2, 0.25) is 0 Å². The number of aromatic nitrogens is 2. The molecule has 0 spiro atoms. The Balaban J connectivity index is 1.81. The van der Waals surface area contributed by atoms with Crippen LogP contribution in [0, 0.1) is 0 Å². The van der Waals surface area contributed by atoms with Gasteiger partial charge in [-0.15, -0.1) is 0 Å². The van der Waals surface area contributed by atoms with E-state index in [0.717, 1.165) is 42.5 Å². The van der Waals surface area contributed by atoms with Gasteiger partial charge in [-0.1, -0.05) is 37.2 Å². The van der Waals surface area contributed by atoms with Crippen molar-refractivity contribution in [3.63, 3.8) is 0 Å². The second kappa shape index (κ2) is 9.79. The number of nitrogens with zero attached hydrogens (tertiary/aromatic N) is 4. The molecule has 2 aromatic rings. The van der Waals surface area contributed by atoms with Gasteiger partial charge >= 0.3 is 0 Å². The molecule has 0 fully saturated rings. The number of benzene rings is 1. The molecule has 1 aromatic carbocycles. The lowest BCUT2D eigenvalue weighted by atomic mass is 10.2. The van der Waals surface area contributed by atoms with Crippen molar-refractivity contribution in [1.82, 2.24) is 20.4 Å². The summed E-state index contributed by atoms with van der Waals surface area (Å²) in [5.41, 5.74) is 1.12. The minimum absolute atomic E-state index is 0.285. The maximum atomic E-state index is 5.42. The number of ether oxygens (including phenoxy) is 1. The number of methoxy groups -OCH3 is 1. The Kier molecular flexibility index (Phi) is 7.44. The largest absolute Gasteiger partial charge is 0.496 e. The van der Waals surface area contributed by atoms with Gasteiger partial charge in [0.15, 0.2) is 11.8 Å². The number of hydrogen-bond acceptors (Lipinski definition) is 5. The van der Waals surface area contributed by atoms with Crippen LogP contribution in [0.5, 0.6) is 5.75 Å². The van der Waals surface area contributed by atoms with Crippen LogP contribution < -0.4 is 10.1 Å². The Morgan fingerprint density at radius 2 is 2.12 bits per heavy atom. The highest BCUT2D eigenvalue weighted by molar-refractivity contribution is 5.79. The number of para-hydroxylation sites is 1. The molecule has 0 atom stereocenters. The van der Waals surface area contributed by atoms with Gasteiger partial charge < -0.3 is 19.5 Å². The van der Waals surface area contributed by atoms with Gasteiger partial charge in [0.05, 0.1) is 7.11 Å². The van der Waals surface area contributed by atoms with Gasteiger partial charge in [-0.25, -0.2) is 0 Å². The van der Waals surface area contributed by atoms with E-state index >= 15 is 0 Å². The first-order chi connectivity index (χ1) is 12.5. The molecular weight excluding hydrogens is 330 g/mol. The third-order valence-corrected chi connectivity index (χ3v) is 4.02. The van der Waals surface area contributed by atoms with E-state index < -0.39 is 0 Å². The number of rotatable bonds is 8. The topological polar surface area (TPSA) is 75.8 Å². The third kappa shape index (κ3) is 5.47. The molecule has 1 N–H and O–H groups in total. The van der Waals surface area contributed by atoms with Crippen LogP contribution in [0.4, 0.5) is 0 Å². The Morgan fingerprint density at radius 1 is 1.35 bits per heavy atom. The zero-order valence-corrected chi connectivity index (χ0v) is 16.3. The van der Waals surface area contributed by atoms with E-state index in [1.54, 1.807) is 14.2 Å². The summed E-state index contributed by atoms with van der Waals surface area (Å²) in [6.45, 7) is 5.60. The average Bonchev–Trinajstić information content (AvgIpc) is 3.11. The van der Waals surface area contributed by atoms with Crippen LogP contribution >= 0.6 is 0 Å². The summed E-state index contributed by atoms with van der Waals surface area (Å²) in [6, 6.07) is 8.01. The second-order valence-electron chi connectivity index (χ2n) is 6.45. The molecule has 0 saturated heterocycles. The summed E-state index contributed by atoms with van der Waals surface area (Å²) in [6.07, 6.45) is 1.64. The number of hydrogen-bond donors (Lipinski definition) is 1. The van der Waals surface area contributed by atoms with E-state index in [9.17, 15) is 0 Å². The van der Waals surface area contributed by atoms with Crippen molar-refractivity contribution in [2.45, 2.75) is 39.2 Å². The lowest BCUT2D eigenvalue weighted by Crippen LogP contribution is -2.39. The molecule has 142 valence electrons. The van der Waals surface area contributed by atoms with Gasteiger partial charge in [-0.05, 0) is 12.5 Å². The first-order valence-electron chi connectivity index (χ1n) is 8.91. The fraction of sp³-hybridized carbons (Fsp3) is 0.526. The van der Waals surface area contributed by atoms with Crippen molar-refractivity contribution in [3.8, 4) is 5.75 Å². The standard InChI is InChI=1S/C19H29N5O2/c1-14(2)18-22-17(26-23-18)11-8-12-21-19(20-3)24(4)13-15-9-6-7-10-16(15)25-5/h6-7,9-10,14H,8,11-13H2,1-5H3,(H,20,21). The number of guanidine groups is 1. The number of aliphatic imine (C=N–C) groups is 1. The molecule has 0 aliphatic carbocycles. The van der Waals surface area contributed by atoms with E-state index in [-0.39, 0.29) is 5.92 Å². The number of aryl methyl sites for hydroxylation is 1. The fourth-order valence-electron chi connectivity index (χ4n) is 2.59. The van der Waals surface area contributed by atoms with E-state index in [4.69, 9.17) is 9.26 Å². The maximum Gasteiger partial charge on any atom is 0.226 e. The van der Waals surface area contributed by atoms with E-state index in [1.807, 2.05) is 25.2 Å². The number of nitrogens with one attached hydrogen (secondary N) is 1. The van der Waals surface area contributed by atoms with Gasteiger partial charge in [0.2, 0.25) is 5.89 Å². The van der Waals surface area contributed by atoms with Crippen LogP contribution in [-0.2, 0) is 13.0 Å². The molecule has 7 heteroatoms. The van der Waals surface area contributed by atoms with E-state index in [0.29, 0.717) is 12.4 Å². The first kappa shape index (κ1) is 19.8. The van der Waals surface area contributed by atoms with Gasteiger partial charge in [-0.3, -0.25) is 4.99 Å². The van der Waals surface area contributed by atoms with E-state index in [2.05, 4.69) is 45.3 Å². The summed E-state index contributed by atoms with van der Waals surface area (Å²) >= 11 is 0. The van der Waals surface area contributed by atoms with Crippen LogP contribution in [0.3, 0.4) is 0 Å². The fourth-order valence-corrected chi connectivity index (χ4v) is 2.59. The van der Waals surface area contributed by atoms with Crippen molar-refractivity contribution in [1.29, 1.82) is 0 Å². The van der Waals surface area contributed by atoms with Crippen molar-refractivity contribution in [3.05, 3.63) is 41.5 Å². The van der Waals surface area contributed by atoms with Crippen LogP contribution in [0.15, 0.2) is 33.8 Å². The Morgan fingerprint density at radius 3 is 2.77 bits per heavy atom. The summed E-state index contributed by atoms with van der Waals surface area (Å²) < 4.78 is 10.7. The molecule has 0 unspecified atom stereocenters. The summed E-state index contributed by atoms with van der Waals surface area (Å²) in [5, 5.41) is 7.36. The van der Waals surface area contributed by atoms with Crippen molar-refractivity contribution in [2.24, 2.45) is 4.99 Å². The average molecular weight is 359 g/mol. The maximum absolute atomic E-state index is 5.42. The summed E-state index contributed by atoms with van der Waals surface area (Å²) in [4.78, 5) is 10.8. The van der Waals surface area contributed by atoms with Gasteiger partial charge in [0.1, 0.15) is 5.75 Å². The molecule has 0 aliphatic heterocycles. The minimum atomic E-state index is 0.285. The highest BCUT2D eigenvalue weighted by Crippen LogP contribution is 2.18. The Bertz CT molecular complexity index is 711. The smallest absolute Gasteiger partial charge is 0.226 e. The molecule has 2 rings (SSSR count). The van der Waals surface area contributed by atoms with Crippen LogP contribution in [0.25, 0.3) is 0 Å². The predicted molar refractivity (Wildman–Crippen MR) is 103 cm³/mol. The quantitative estimate of drug-likeness (QED) is 0.444. The normalized spacial score (nSPS) is 11.7. The SMILES string of the molecule is CN=C(NCCCc1nc(C(C)C)no1)N(C)Cc1ccccc1OC. The van der Waals surface area contributed by atoms with Gasteiger partial charge in [0.25, 0.3) is 0 Å². The molecule has 0 saturated carbocycles. The minimum Gasteiger partial charge on any atom is -0.496 e. The van der Waals surface area contributed by atoms with Crippen molar-refractivity contribution >= 4 is 5.96 Å². The highest BCUT2D eigenvalue weighted by Gasteiger charge is 2.11. The van der Waals surface area contributed by atoms with Gasteiger partial charge in [0, 0.05) is 45.1 Å². The van der Waals surface area contributed by atoms with Crippen LogP contribution in [0.1, 0.15) is 43.5 Å². The molecule has 7 nitrogen and oxygen atoms in total. The second-order valence-corrected chi connectivity index (χ2v) is 6.45. The Hall–Kier alpha value is -2.57. The zero-order chi connectivity index (χ0) is 18.9. The Labute approximate surface area is 155 Å². The van der Waals surface area contributed by atoms with E-state index in [1.165, 1.54) is 0 Å². The first-order valence-corrected chi connectivity index (χ1v) is 8.91. The summed E-state index contributed by atoms with van der Waals surface area (Å²) in [7, 11) is 5.48. The van der Waals surface area contributed by atoms with Gasteiger partial charge in [-0.2, -0.15) is 4.98 Å². The third-order valence-electron chi connectivity index (χ3n) is 4.02. The predicted octanol–water partition coefficient (Wildman–Crippen LogP) is 2.84. The highest BCUT2D eigenvalue weighted by atomic mass is 16.5. The molecule has 0 amide bonds.